The van der Waals surface area contributed by atoms with Gasteiger partial charge in [0.1, 0.15) is 15.7 Å². The number of halogens is 1. The van der Waals surface area contributed by atoms with E-state index >= 15 is 0 Å². The second-order valence-corrected chi connectivity index (χ2v) is 9.15. The van der Waals surface area contributed by atoms with Crippen molar-refractivity contribution in [1.82, 2.24) is 9.97 Å². The van der Waals surface area contributed by atoms with Gasteiger partial charge in [-0.2, -0.15) is 0 Å². The Bertz CT molecular complexity index is 1100. The maximum atomic E-state index is 12.7. The molecular weight excluding hydrogens is 420 g/mol. The Morgan fingerprint density at radius 3 is 2.71 bits per heavy atom. The predicted octanol–water partition coefficient (Wildman–Crippen LogP) is 5.30. The lowest BCUT2D eigenvalue weighted by Crippen LogP contribution is -2.22. The van der Waals surface area contributed by atoms with E-state index in [0.29, 0.717) is 5.82 Å². The lowest BCUT2D eigenvalue weighted by molar-refractivity contribution is -0.384. The molecule has 0 aliphatic heterocycles. The summed E-state index contributed by atoms with van der Waals surface area (Å²) in [5.74, 6) is 0.326. The molecule has 0 bridgehead atoms. The number of hydrogen-bond acceptors (Lipinski definition) is 7. The van der Waals surface area contributed by atoms with Crippen LogP contribution in [0.4, 0.5) is 11.4 Å². The van der Waals surface area contributed by atoms with E-state index in [1.54, 1.807) is 18.3 Å². The van der Waals surface area contributed by atoms with E-state index in [9.17, 15) is 14.9 Å². The average Bonchev–Trinajstić information content (AvgIpc) is 2.90. The number of aromatic nitrogens is 2. The smallest absolute Gasteiger partial charge is 0.271 e. The van der Waals surface area contributed by atoms with Gasteiger partial charge in [-0.05, 0) is 39.3 Å². The number of rotatable bonds is 5. The van der Waals surface area contributed by atoms with Crippen LogP contribution >= 0.6 is 34.7 Å². The fourth-order valence-corrected chi connectivity index (χ4v) is 4.94. The number of amides is 1. The van der Waals surface area contributed by atoms with Crippen LogP contribution < -0.4 is 5.32 Å². The highest BCUT2D eigenvalue weighted by Crippen LogP contribution is 2.37. The normalized spacial score (nSPS) is 12.2. The molecule has 10 heteroatoms. The summed E-state index contributed by atoms with van der Waals surface area (Å²) in [6, 6.07) is 3.93. The minimum Gasteiger partial charge on any atom is -0.324 e. The number of benzene rings is 1. The highest BCUT2D eigenvalue weighted by molar-refractivity contribution is 8.00. The molecule has 0 fully saturated rings. The summed E-state index contributed by atoms with van der Waals surface area (Å²) < 4.78 is 0. The van der Waals surface area contributed by atoms with Gasteiger partial charge in [0.25, 0.3) is 5.69 Å². The minimum absolute atomic E-state index is 0.141. The van der Waals surface area contributed by atoms with Crippen molar-refractivity contribution in [3.63, 3.8) is 0 Å². The molecular formula is C18H17ClN4O3S2. The Kier molecular flexibility index (Phi) is 5.87. The lowest BCUT2D eigenvalue weighted by atomic mass is 10.2. The number of aryl methyl sites for hydroxylation is 3. The lowest BCUT2D eigenvalue weighted by Gasteiger charge is -2.13. The molecule has 0 spiro atoms. The molecule has 146 valence electrons. The van der Waals surface area contributed by atoms with Crippen molar-refractivity contribution in [3.05, 3.63) is 49.6 Å². The molecule has 2 aromatic heterocycles. The Labute approximate surface area is 174 Å². The van der Waals surface area contributed by atoms with Crippen molar-refractivity contribution >= 4 is 62.2 Å². The van der Waals surface area contributed by atoms with Gasteiger partial charge < -0.3 is 5.32 Å². The van der Waals surface area contributed by atoms with Gasteiger partial charge in [0.15, 0.2) is 0 Å². The first-order valence-corrected chi connectivity index (χ1v) is 10.4. The van der Waals surface area contributed by atoms with Crippen LogP contribution in [-0.2, 0) is 4.79 Å². The number of nitrogens with one attached hydrogen (secondary N) is 1. The van der Waals surface area contributed by atoms with E-state index < -0.39 is 10.2 Å². The standard InChI is InChI=1S/C18H17ClN4O3S2/c1-8-9(2)27-17-15(8)18(21-11(4)20-17)28-10(3)16(24)22-14-7-12(23(25)26)5-6-13(14)19/h5-7,10H,1-4H3,(H,22,24). The molecule has 0 aliphatic rings. The molecule has 0 saturated heterocycles. The Morgan fingerprint density at radius 2 is 2.04 bits per heavy atom. The van der Waals surface area contributed by atoms with Crippen LogP contribution in [0.15, 0.2) is 23.2 Å². The van der Waals surface area contributed by atoms with Crippen LogP contribution in [0.25, 0.3) is 10.2 Å². The van der Waals surface area contributed by atoms with Gasteiger partial charge in [0.05, 0.1) is 20.9 Å². The summed E-state index contributed by atoms with van der Waals surface area (Å²) in [7, 11) is 0. The van der Waals surface area contributed by atoms with Gasteiger partial charge in [-0.25, -0.2) is 9.97 Å². The van der Waals surface area contributed by atoms with E-state index in [2.05, 4.69) is 15.3 Å². The number of nitro groups is 1. The summed E-state index contributed by atoms with van der Waals surface area (Å²) in [6.07, 6.45) is 0. The molecule has 1 N–H and O–H groups in total. The first-order valence-electron chi connectivity index (χ1n) is 8.33. The number of non-ortho nitro benzene ring substituents is 1. The van der Waals surface area contributed by atoms with E-state index in [1.165, 1.54) is 30.0 Å². The zero-order chi connectivity index (χ0) is 20.6. The summed E-state index contributed by atoms with van der Waals surface area (Å²) in [5.41, 5.74) is 1.18. The first-order chi connectivity index (χ1) is 13.2. The van der Waals surface area contributed by atoms with E-state index in [-0.39, 0.29) is 22.3 Å². The fraction of sp³-hybridized carbons (Fsp3) is 0.278. The zero-order valence-corrected chi connectivity index (χ0v) is 18.0. The fourth-order valence-electron chi connectivity index (χ4n) is 2.58. The molecule has 0 aliphatic carbocycles. The number of carbonyl (C=O) groups excluding carboxylic acids is 1. The van der Waals surface area contributed by atoms with Gasteiger partial charge in [0.2, 0.25) is 5.91 Å². The quantitative estimate of drug-likeness (QED) is 0.252. The van der Waals surface area contributed by atoms with Crippen LogP contribution in [0.3, 0.4) is 0 Å². The van der Waals surface area contributed by atoms with Crippen LogP contribution in [0.2, 0.25) is 5.02 Å². The van der Waals surface area contributed by atoms with Crippen molar-refractivity contribution in [3.8, 4) is 0 Å². The summed E-state index contributed by atoms with van der Waals surface area (Å²) >= 11 is 9.00. The van der Waals surface area contributed by atoms with E-state index in [4.69, 9.17) is 11.6 Å². The van der Waals surface area contributed by atoms with Crippen LogP contribution in [0.5, 0.6) is 0 Å². The molecule has 0 saturated carbocycles. The third-order valence-corrected chi connectivity index (χ3v) is 6.70. The summed E-state index contributed by atoms with van der Waals surface area (Å²) in [5, 5.41) is 15.1. The molecule has 1 aromatic carbocycles. The van der Waals surface area contributed by atoms with Crippen molar-refractivity contribution in [2.24, 2.45) is 0 Å². The largest absolute Gasteiger partial charge is 0.324 e. The van der Waals surface area contributed by atoms with E-state index in [1.807, 2.05) is 20.8 Å². The van der Waals surface area contributed by atoms with Gasteiger partial charge in [-0.15, -0.1) is 11.3 Å². The van der Waals surface area contributed by atoms with Crippen LogP contribution in [-0.4, -0.2) is 26.0 Å². The number of anilines is 1. The molecule has 1 atom stereocenters. The van der Waals surface area contributed by atoms with Crippen molar-refractivity contribution in [2.45, 2.75) is 38.0 Å². The molecule has 28 heavy (non-hydrogen) atoms. The number of hydrogen-bond donors (Lipinski definition) is 1. The second-order valence-electron chi connectivity index (χ2n) is 6.21. The Balaban J connectivity index is 1.85. The van der Waals surface area contributed by atoms with Gasteiger partial charge in [-0.3, -0.25) is 14.9 Å². The predicted molar refractivity (Wildman–Crippen MR) is 114 cm³/mol. The van der Waals surface area contributed by atoms with E-state index in [0.717, 1.165) is 25.7 Å². The summed E-state index contributed by atoms with van der Waals surface area (Å²) in [6.45, 7) is 7.63. The van der Waals surface area contributed by atoms with Crippen LogP contribution in [0, 0.1) is 30.9 Å². The second kappa shape index (κ2) is 8.02. The van der Waals surface area contributed by atoms with Gasteiger partial charge in [-0.1, -0.05) is 23.4 Å². The summed E-state index contributed by atoms with van der Waals surface area (Å²) in [4.78, 5) is 34.1. The molecule has 7 nitrogen and oxygen atoms in total. The highest BCUT2D eigenvalue weighted by atomic mass is 35.5. The number of thioether (sulfide) groups is 1. The SMILES string of the molecule is Cc1nc(SC(C)C(=O)Nc2cc([N+](=O)[O-])ccc2Cl)c2c(C)c(C)sc2n1. The third-order valence-electron chi connectivity index (χ3n) is 4.18. The molecule has 1 unspecified atom stereocenters. The van der Waals surface area contributed by atoms with Crippen molar-refractivity contribution in [1.29, 1.82) is 0 Å². The average molecular weight is 437 g/mol. The molecule has 0 radical (unpaired) electrons. The number of thiophene rings is 1. The van der Waals surface area contributed by atoms with Gasteiger partial charge in [0, 0.05) is 22.4 Å². The zero-order valence-electron chi connectivity index (χ0n) is 15.6. The monoisotopic (exact) mass is 436 g/mol. The van der Waals surface area contributed by atoms with Crippen LogP contribution in [0.1, 0.15) is 23.2 Å². The van der Waals surface area contributed by atoms with Gasteiger partial charge >= 0.3 is 0 Å². The number of carbonyl (C=O) groups is 1. The van der Waals surface area contributed by atoms with Crippen molar-refractivity contribution < 1.29 is 9.72 Å². The molecule has 3 rings (SSSR count). The topological polar surface area (TPSA) is 98.0 Å². The number of nitrogens with zero attached hydrogens (tertiary/aromatic N) is 3. The molecule has 1 amide bonds. The molecule has 2 heterocycles. The number of nitro benzene ring substituents is 1. The Hall–Kier alpha value is -2.23. The maximum absolute atomic E-state index is 12.7. The first kappa shape index (κ1) is 20.5. The highest BCUT2D eigenvalue weighted by Gasteiger charge is 2.21. The minimum atomic E-state index is -0.535. The molecule has 3 aromatic rings. The maximum Gasteiger partial charge on any atom is 0.271 e. The Morgan fingerprint density at radius 1 is 1.32 bits per heavy atom. The third kappa shape index (κ3) is 4.11. The van der Waals surface area contributed by atoms with Crippen molar-refractivity contribution in [2.75, 3.05) is 5.32 Å². The number of fused-ring (bicyclic) bond motifs is 1.